The Morgan fingerprint density at radius 2 is 1.85 bits per heavy atom. The molecule has 2 aromatic rings. The number of carbonyl (C=O) groups is 2. The largest absolute Gasteiger partial charge is 0.495 e. The van der Waals surface area contributed by atoms with Crippen LogP contribution in [0.3, 0.4) is 0 Å². The molecular formula is C24H32BrN3O5S. The third kappa shape index (κ3) is 7.73. The molecule has 0 radical (unpaired) electrons. The lowest BCUT2D eigenvalue weighted by molar-refractivity contribution is -0.140. The van der Waals surface area contributed by atoms with Crippen LogP contribution >= 0.6 is 15.9 Å². The predicted molar refractivity (Wildman–Crippen MR) is 137 cm³/mol. The van der Waals surface area contributed by atoms with Gasteiger partial charge in [-0.2, -0.15) is 0 Å². The second kappa shape index (κ2) is 12.8. The van der Waals surface area contributed by atoms with Crippen LogP contribution in [-0.4, -0.2) is 57.6 Å². The van der Waals surface area contributed by atoms with Gasteiger partial charge in [-0.05, 0) is 50.1 Å². The highest BCUT2D eigenvalue weighted by Crippen LogP contribution is 2.29. The SMILES string of the molecule is CCNC(=O)[C@H](C)N(Cc1cccc(Br)c1)C(=O)CCCN(c1ccccc1OC)S(C)(=O)=O. The summed E-state index contributed by atoms with van der Waals surface area (Å²) in [6.07, 6.45) is 1.48. The van der Waals surface area contributed by atoms with E-state index in [1.54, 1.807) is 31.2 Å². The number of nitrogens with one attached hydrogen (secondary N) is 1. The molecule has 0 aliphatic carbocycles. The maximum absolute atomic E-state index is 13.2. The minimum absolute atomic E-state index is 0.0823. The van der Waals surface area contributed by atoms with Crippen LogP contribution in [0.5, 0.6) is 5.75 Å². The summed E-state index contributed by atoms with van der Waals surface area (Å²) in [5.41, 5.74) is 1.30. The van der Waals surface area contributed by atoms with Crippen molar-refractivity contribution in [2.45, 2.75) is 39.3 Å². The quantitative estimate of drug-likeness (QED) is 0.433. The van der Waals surface area contributed by atoms with Crippen molar-refractivity contribution < 1.29 is 22.7 Å². The number of benzene rings is 2. The Kier molecular flexibility index (Phi) is 10.4. The van der Waals surface area contributed by atoms with E-state index in [0.717, 1.165) is 16.3 Å². The van der Waals surface area contributed by atoms with Crippen LogP contribution in [0, 0.1) is 0 Å². The van der Waals surface area contributed by atoms with E-state index in [9.17, 15) is 18.0 Å². The van der Waals surface area contributed by atoms with Crippen LogP contribution in [0.25, 0.3) is 0 Å². The van der Waals surface area contributed by atoms with Gasteiger partial charge in [-0.3, -0.25) is 13.9 Å². The Balaban J connectivity index is 2.18. The lowest BCUT2D eigenvalue weighted by Gasteiger charge is -2.29. The van der Waals surface area contributed by atoms with Crippen LogP contribution in [0.1, 0.15) is 32.3 Å². The van der Waals surface area contributed by atoms with Crippen LogP contribution in [-0.2, 0) is 26.2 Å². The molecular weight excluding hydrogens is 522 g/mol. The molecule has 0 spiro atoms. The van der Waals surface area contributed by atoms with E-state index in [-0.39, 0.29) is 37.7 Å². The molecule has 0 aromatic heterocycles. The maximum Gasteiger partial charge on any atom is 0.242 e. The molecule has 8 nitrogen and oxygen atoms in total. The fourth-order valence-corrected chi connectivity index (χ4v) is 4.97. The van der Waals surface area contributed by atoms with Gasteiger partial charge in [0.05, 0.1) is 19.1 Å². The van der Waals surface area contributed by atoms with Crippen molar-refractivity contribution in [3.8, 4) is 5.75 Å². The van der Waals surface area contributed by atoms with Gasteiger partial charge in [0.1, 0.15) is 11.8 Å². The predicted octanol–water partition coefficient (Wildman–Crippen LogP) is 3.56. The fourth-order valence-electron chi connectivity index (χ4n) is 3.55. The number of amides is 2. The normalized spacial score (nSPS) is 12.0. The highest BCUT2D eigenvalue weighted by Gasteiger charge is 2.27. The second-order valence-electron chi connectivity index (χ2n) is 7.83. The second-order valence-corrected chi connectivity index (χ2v) is 10.7. The smallest absolute Gasteiger partial charge is 0.242 e. The van der Waals surface area contributed by atoms with Gasteiger partial charge in [-0.15, -0.1) is 0 Å². The van der Waals surface area contributed by atoms with Crippen LogP contribution in [0.4, 0.5) is 5.69 Å². The van der Waals surface area contributed by atoms with E-state index in [1.807, 2.05) is 31.2 Å². The Morgan fingerprint density at radius 1 is 1.15 bits per heavy atom. The molecule has 186 valence electrons. The van der Waals surface area contributed by atoms with Gasteiger partial charge in [0.15, 0.2) is 0 Å². The van der Waals surface area contributed by atoms with Crippen molar-refractivity contribution >= 4 is 43.5 Å². The molecule has 2 rings (SSSR count). The van der Waals surface area contributed by atoms with Gasteiger partial charge in [0, 0.05) is 30.5 Å². The first-order chi connectivity index (χ1) is 16.1. The number of ether oxygens (including phenoxy) is 1. The van der Waals surface area contributed by atoms with Crippen molar-refractivity contribution in [1.82, 2.24) is 10.2 Å². The average molecular weight is 555 g/mol. The van der Waals surface area contributed by atoms with E-state index < -0.39 is 16.1 Å². The number of carbonyl (C=O) groups excluding carboxylic acids is 2. The fraction of sp³-hybridized carbons (Fsp3) is 0.417. The minimum atomic E-state index is -3.60. The average Bonchev–Trinajstić information content (AvgIpc) is 2.79. The number of sulfonamides is 1. The first-order valence-corrected chi connectivity index (χ1v) is 13.6. The third-order valence-corrected chi connectivity index (χ3v) is 6.94. The van der Waals surface area contributed by atoms with Crippen molar-refractivity contribution in [3.63, 3.8) is 0 Å². The highest BCUT2D eigenvalue weighted by molar-refractivity contribution is 9.10. The first kappa shape index (κ1) is 27.7. The highest BCUT2D eigenvalue weighted by atomic mass is 79.9. The Bertz CT molecular complexity index is 1090. The zero-order valence-electron chi connectivity index (χ0n) is 20.0. The van der Waals surface area contributed by atoms with E-state index in [0.29, 0.717) is 18.0 Å². The molecule has 1 N–H and O–H groups in total. The van der Waals surface area contributed by atoms with Crippen molar-refractivity contribution in [3.05, 3.63) is 58.6 Å². The van der Waals surface area contributed by atoms with Gasteiger partial charge in [0.25, 0.3) is 0 Å². The van der Waals surface area contributed by atoms with Gasteiger partial charge in [-0.25, -0.2) is 8.42 Å². The molecule has 0 fully saturated rings. The molecule has 1 atom stereocenters. The number of hydrogen-bond acceptors (Lipinski definition) is 5. The molecule has 2 amide bonds. The summed E-state index contributed by atoms with van der Waals surface area (Å²) in [5, 5.41) is 2.76. The summed E-state index contributed by atoms with van der Waals surface area (Å²) in [6, 6.07) is 13.7. The standard InChI is InChI=1S/C24H32BrN3O5S/c1-5-26-24(30)18(2)27(17-19-10-8-11-20(25)16-19)23(29)14-9-15-28(34(4,31)32)21-12-6-7-13-22(21)33-3/h6-8,10-13,16,18H,5,9,14-15,17H2,1-4H3,(H,26,30)/t18-/m0/s1. The molecule has 0 bridgehead atoms. The summed E-state index contributed by atoms with van der Waals surface area (Å²) in [5.74, 6) is -0.0368. The third-order valence-electron chi connectivity index (χ3n) is 5.27. The molecule has 34 heavy (non-hydrogen) atoms. The lowest BCUT2D eigenvalue weighted by Crippen LogP contribution is -2.47. The zero-order valence-corrected chi connectivity index (χ0v) is 22.4. The van der Waals surface area contributed by atoms with E-state index >= 15 is 0 Å². The number of nitrogens with zero attached hydrogens (tertiary/aromatic N) is 2. The van der Waals surface area contributed by atoms with Gasteiger partial charge < -0.3 is 15.0 Å². The molecule has 0 aliphatic rings. The van der Waals surface area contributed by atoms with Gasteiger partial charge >= 0.3 is 0 Å². The Morgan fingerprint density at radius 3 is 2.47 bits per heavy atom. The Hall–Kier alpha value is -2.59. The summed E-state index contributed by atoms with van der Waals surface area (Å²) < 4.78 is 32.4. The van der Waals surface area contributed by atoms with Crippen molar-refractivity contribution in [2.24, 2.45) is 0 Å². The number of hydrogen-bond donors (Lipinski definition) is 1. The molecule has 2 aromatic carbocycles. The lowest BCUT2D eigenvalue weighted by atomic mass is 10.1. The van der Waals surface area contributed by atoms with Crippen LogP contribution in [0.15, 0.2) is 53.0 Å². The zero-order chi connectivity index (χ0) is 25.3. The summed E-state index contributed by atoms with van der Waals surface area (Å²) >= 11 is 3.43. The number of anilines is 1. The molecule has 10 heteroatoms. The molecule has 0 heterocycles. The topological polar surface area (TPSA) is 96.0 Å². The van der Waals surface area contributed by atoms with Crippen LogP contribution < -0.4 is 14.4 Å². The number of rotatable bonds is 12. The van der Waals surface area contributed by atoms with Crippen molar-refractivity contribution in [2.75, 3.05) is 30.8 Å². The monoisotopic (exact) mass is 553 g/mol. The number of halogens is 1. The molecule has 0 saturated carbocycles. The van der Waals surface area contributed by atoms with E-state index in [2.05, 4.69) is 21.2 Å². The molecule has 0 unspecified atom stereocenters. The molecule has 0 saturated heterocycles. The van der Waals surface area contributed by atoms with E-state index in [4.69, 9.17) is 4.74 Å². The number of para-hydroxylation sites is 2. The van der Waals surface area contributed by atoms with Gasteiger partial charge in [-0.1, -0.05) is 40.2 Å². The van der Waals surface area contributed by atoms with Gasteiger partial charge in [0.2, 0.25) is 21.8 Å². The summed E-state index contributed by atoms with van der Waals surface area (Å²) in [6.45, 7) is 4.34. The number of methoxy groups -OCH3 is 1. The summed E-state index contributed by atoms with van der Waals surface area (Å²) in [4.78, 5) is 27.2. The summed E-state index contributed by atoms with van der Waals surface area (Å²) in [7, 11) is -2.12. The van der Waals surface area contributed by atoms with Crippen molar-refractivity contribution in [1.29, 1.82) is 0 Å². The minimum Gasteiger partial charge on any atom is -0.495 e. The number of likely N-dealkylation sites (N-methyl/N-ethyl adjacent to an activating group) is 1. The maximum atomic E-state index is 13.2. The van der Waals surface area contributed by atoms with Crippen LogP contribution in [0.2, 0.25) is 0 Å². The Labute approximate surface area is 210 Å². The first-order valence-electron chi connectivity index (χ1n) is 11.0. The molecule has 0 aliphatic heterocycles. The van der Waals surface area contributed by atoms with E-state index in [1.165, 1.54) is 16.3 Å².